The standard InChI is InChI=1S/C19H26N2O/c1-19-10-9-15-14-6-4-13(22)11-12(14)3-5-16(15)17(19)7-8-18(19)21-20-2/h4,6,11,15-17,20,22H,3,5,7-10H2,1-2H3. The second kappa shape index (κ2) is 5.00. The Morgan fingerprint density at radius 2 is 2.09 bits per heavy atom. The van der Waals surface area contributed by atoms with Crippen LogP contribution >= 0.6 is 0 Å². The van der Waals surface area contributed by atoms with Crippen molar-refractivity contribution in [2.75, 3.05) is 7.05 Å². The number of aromatic hydroxyl groups is 1. The molecule has 2 saturated carbocycles. The van der Waals surface area contributed by atoms with Crippen molar-refractivity contribution >= 4 is 5.71 Å². The summed E-state index contributed by atoms with van der Waals surface area (Å²) in [5.41, 5.74) is 7.62. The number of phenolic OH excluding ortho intramolecular Hbond substituents is 1. The Morgan fingerprint density at radius 3 is 2.91 bits per heavy atom. The van der Waals surface area contributed by atoms with Crippen molar-refractivity contribution in [2.45, 2.75) is 51.4 Å². The van der Waals surface area contributed by atoms with Crippen molar-refractivity contribution in [3.05, 3.63) is 29.3 Å². The first-order valence-corrected chi connectivity index (χ1v) is 8.69. The molecule has 22 heavy (non-hydrogen) atoms. The van der Waals surface area contributed by atoms with Crippen molar-refractivity contribution in [2.24, 2.45) is 22.4 Å². The first-order valence-electron chi connectivity index (χ1n) is 8.69. The molecule has 0 radical (unpaired) electrons. The predicted octanol–water partition coefficient (Wildman–Crippen LogP) is 3.82. The molecule has 2 fully saturated rings. The molecule has 3 aliphatic rings. The summed E-state index contributed by atoms with van der Waals surface area (Å²) in [7, 11) is 1.92. The summed E-state index contributed by atoms with van der Waals surface area (Å²) >= 11 is 0. The number of rotatable bonds is 1. The number of aryl methyl sites for hydroxylation is 1. The van der Waals surface area contributed by atoms with Crippen LogP contribution in [0.15, 0.2) is 23.3 Å². The van der Waals surface area contributed by atoms with E-state index in [1.807, 2.05) is 19.2 Å². The molecule has 3 nitrogen and oxygen atoms in total. The van der Waals surface area contributed by atoms with E-state index in [9.17, 15) is 5.11 Å². The molecule has 4 rings (SSSR count). The number of hydrogen-bond acceptors (Lipinski definition) is 3. The molecule has 0 amide bonds. The topological polar surface area (TPSA) is 44.6 Å². The predicted molar refractivity (Wildman–Crippen MR) is 89.2 cm³/mol. The van der Waals surface area contributed by atoms with Crippen LogP contribution < -0.4 is 5.43 Å². The zero-order valence-electron chi connectivity index (χ0n) is 13.6. The third kappa shape index (κ3) is 1.90. The minimum atomic E-state index is 0.304. The van der Waals surface area contributed by atoms with Crippen LogP contribution in [0.5, 0.6) is 5.75 Å². The van der Waals surface area contributed by atoms with E-state index in [-0.39, 0.29) is 0 Å². The average molecular weight is 298 g/mol. The minimum absolute atomic E-state index is 0.304. The molecule has 0 aliphatic heterocycles. The fourth-order valence-electron chi connectivity index (χ4n) is 5.68. The Bertz CT molecular complexity index is 624. The Hall–Kier alpha value is -1.51. The van der Waals surface area contributed by atoms with Crippen LogP contribution in [-0.4, -0.2) is 17.9 Å². The van der Waals surface area contributed by atoms with Gasteiger partial charge in [-0.15, -0.1) is 0 Å². The zero-order chi connectivity index (χ0) is 15.3. The van der Waals surface area contributed by atoms with Crippen molar-refractivity contribution in [1.29, 1.82) is 0 Å². The third-order valence-electron chi connectivity index (χ3n) is 6.70. The molecule has 3 aliphatic carbocycles. The molecule has 1 aromatic rings. The van der Waals surface area contributed by atoms with Gasteiger partial charge in [-0.2, -0.15) is 5.10 Å². The second-order valence-corrected chi connectivity index (χ2v) is 7.58. The van der Waals surface area contributed by atoms with Crippen LogP contribution in [0.3, 0.4) is 0 Å². The van der Waals surface area contributed by atoms with Crippen molar-refractivity contribution < 1.29 is 5.11 Å². The number of hydrogen-bond donors (Lipinski definition) is 2. The lowest BCUT2D eigenvalue weighted by Crippen LogP contribution is -2.42. The van der Waals surface area contributed by atoms with Gasteiger partial charge in [0.05, 0.1) is 0 Å². The lowest BCUT2D eigenvalue weighted by molar-refractivity contribution is 0.0954. The van der Waals surface area contributed by atoms with Crippen LogP contribution in [0.2, 0.25) is 0 Å². The Morgan fingerprint density at radius 1 is 1.23 bits per heavy atom. The van der Waals surface area contributed by atoms with Gasteiger partial charge < -0.3 is 10.5 Å². The summed E-state index contributed by atoms with van der Waals surface area (Å²) < 4.78 is 0. The van der Waals surface area contributed by atoms with Gasteiger partial charge in [0.2, 0.25) is 0 Å². The molecule has 0 saturated heterocycles. The molecule has 0 heterocycles. The quantitative estimate of drug-likeness (QED) is 0.774. The molecule has 0 bridgehead atoms. The molecule has 0 aromatic heterocycles. The highest BCUT2D eigenvalue weighted by molar-refractivity contribution is 5.92. The van der Waals surface area contributed by atoms with Crippen LogP contribution in [0.4, 0.5) is 0 Å². The summed E-state index contributed by atoms with van der Waals surface area (Å²) in [5.74, 6) is 2.68. The smallest absolute Gasteiger partial charge is 0.115 e. The summed E-state index contributed by atoms with van der Waals surface area (Å²) in [6.45, 7) is 2.45. The summed E-state index contributed by atoms with van der Waals surface area (Å²) in [5, 5.41) is 14.4. The lowest BCUT2D eigenvalue weighted by atomic mass is 9.55. The summed E-state index contributed by atoms with van der Waals surface area (Å²) in [6.07, 6.45) is 7.36. The fraction of sp³-hybridized carbons (Fsp3) is 0.632. The first kappa shape index (κ1) is 14.1. The summed E-state index contributed by atoms with van der Waals surface area (Å²) in [6, 6.07) is 6.04. The number of benzene rings is 1. The maximum absolute atomic E-state index is 9.75. The molecular weight excluding hydrogens is 272 g/mol. The second-order valence-electron chi connectivity index (χ2n) is 7.58. The number of hydrazone groups is 1. The molecule has 3 heteroatoms. The number of nitrogens with zero attached hydrogens (tertiary/aromatic N) is 1. The van der Waals surface area contributed by atoms with Crippen LogP contribution in [0, 0.1) is 17.3 Å². The van der Waals surface area contributed by atoms with Crippen molar-refractivity contribution in [1.82, 2.24) is 5.43 Å². The van der Waals surface area contributed by atoms with Gasteiger partial charge in [-0.05, 0) is 79.5 Å². The largest absolute Gasteiger partial charge is 0.508 e. The van der Waals surface area contributed by atoms with Gasteiger partial charge in [0.15, 0.2) is 0 Å². The molecule has 1 aromatic carbocycles. The van der Waals surface area contributed by atoms with E-state index < -0.39 is 0 Å². The average Bonchev–Trinajstić information content (AvgIpc) is 2.84. The van der Waals surface area contributed by atoms with E-state index in [4.69, 9.17) is 0 Å². The highest BCUT2D eigenvalue weighted by Crippen LogP contribution is 2.59. The normalized spacial score (nSPS) is 38.3. The fourth-order valence-corrected chi connectivity index (χ4v) is 5.68. The van der Waals surface area contributed by atoms with Gasteiger partial charge in [0.25, 0.3) is 0 Å². The van der Waals surface area contributed by atoms with E-state index >= 15 is 0 Å². The SMILES string of the molecule is CNN=C1CCC2C3CCc4cc(O)ccc4C3CCC12C. The van der Waals surface area contributed by atoms with Crippen LogP contribution in [-0.2, 0) is 6.42 Å². The van der Waals surface area contributed by atoms with Gasteiger partial charge >= 0.3 is 0 Å². The number of nitrogens with one attached hydrogen (secondary N) is 1. The highest BCUT2D eigenvalue weighted by atomic mass is 16.3. The molecule has 0 spiro atoms. The Kier molecular flexibility index (Phi) is 3.21. The van der Waals surface area contributed by atoms with Crippen LogP contribution in [0.25, 0.3) is 0 Å². The third-order valence-corrected chi connectivity index (χ3v) is 6.70. The molecule has 4 atom stereocenters. The lowest BCUT2D eigenvalue weighted by Gasteiger charge is -2.49. The van der Waals surface area contributed by atoms with E-state index in [1.165, 1.54) is 42.5 Å². The van der Waals surface area contributed by atoms with Crippen molar-refractivity contribution in [3.63, 3.8) is 0 Å². The maximum Gasteiger partial charge on any atom is 0.115 e. The van der Waals surface area contributed by atoms with E-state index in [2.05, 4.69) is 23.5 Å². The van der Waals surface area contributed by atoms with E-state index in [1.54, 1.807) is 0 Å². The Balaban J connectivity index is 1.69. The van der Waals surface area contributed by atoms with Gasteiger partial charge in [-0.1, -0.05) is 13.0 Å². The molecular formula is C19H26N2O. The monoisotopic (exact) mass is 298 g/mol. The molecule has 118 valence electrons. The van der Waals surface area contributed by atoms with Gasteiger partial charge in [0.1, 0.15) is 5.75 Å². The highest BCUT2D eigenvalue weighted by Gasteiger charge is 2.53. The van der Waals surface area contributed by atoms with Crippen LogP contribution in [0.1, 0.15) is 56.1 Å². The Labute approximate surface area is 132 Å². The zero-order valence-corrected chi connectivity index (χ0v) is 13.6. The van der Waals surface area contributed by atoms with E-state index in [0.717, 1.165) is 24.7 Å². The van der Waals surface area contributed by atoms with Gasteiger partial charge in [-0.25, -0.2) is 0 Å². The van der Waals surface area contributed by atoms with Gasteiger partial charge in [0, 0.05) is 18.2 Å². The number of fused-ring (bicyclic) bond motifs is 5. The van der Waals surface area contributed by atoms with Crippen molar-refractivity contribution in [3.8, 4) is 5.75 Å². The first-order chi connectivity index (χ1) is 10.6. The van der Waals surface area contributed by atoms with Gasteiger partial charge in [-0.3, -0.25) is 0 Å². The van der Waals surface area contributed by atoms with E-state index in [0.29, 0.717) is 17.1 Å². The maximum atomic E-state index is 9.75. The minimum Gasteiger partial charge on any atom is -0.508 e. The number of phenols is 1. The summed E-state index contributed by atoms with van der Waals surface area (Å²) in [4.78, 5) is 0. The molecule has 4 unspecified atom stereocenters. The molecule has 2 N–H and O–H groups in total.